The molecule has 25 heavy (non-hydrogen) atoms. The molecule has 6 heteroatoms. The van der Waals surface area contributed by atoms with Gasteiger partial charge < -0.3 is 4.74 Å². The maximum atomic E-state index is 12.9. The number of rotatable bonds is 5. The summed E-state index contributed by atoms with van der Waals surface area (Å²) < 4.78 is 35.5. The van der Waals surface area contributed by atoms with Crippen molar-refractivity contribution >= 4 is 10.2 Å². The van der Waals surface area contributed by atoms with Gasteiger partial charge in [0.15, 0.2) is 0 Å². The average Bonchev–Trinajstić information content (AvgIpc) is 2.59. The summed E-state index contributed by atoms with van der Waals surface area (Å²) in [6, 6.07) is 15.1. The summed E-state index contributed by atoms with van der Waals surface area (Å²) in [6.07, 6.45) is 0.682. The maximum absolute atomic E-state index is 12.9. The summed E-state index contributed by atoms with van der Waals surface area (Å²) >= 11 is 0. The van der Waals surface area contributed by atoms with E-state index in [0.717, 1.165) is 22.4 Å². The lowest BCUT2D eigenvalue weighted by Crippen LogP contribution is -2.48. The number of benzene rings is 2. The van der Waals surface area contributed by atoms with E-state index in [0.29, 0.717) is 13.0 Å². The molecular formula is C19H24N2O3S. The van der Waals surface area contributed by atoms with Crippen molar-refractivity contribution in [1.29, 1.82) is 0 Å². The van der Waals surface area contributed by atoms with Gasteiger partial charge >= 0.3 is 0 Å². The van der Waals surface area contributed by atoms with Crippen LogP contribution in [0.25, 0.3) is 0 Å². The first-order valence-electron chi connectivity index (χ1n) is 8.43. The van der Waals surface area contributed by atoms with Gasteiger partial charge in [-0.15, -0.1) is 0 Å². The first-order chi connectivity index (χ1) is 11.9. The van der Waals surface area contributed by atoms with Crippen molar-refractivity contribution in [2.75, 3.05) is 13.7 Å². The van der Waals surface area contributed by atoms with Gasteiger partial charge in [0.1, 0.15) is 5.75 Å². The summed E-state index contributed by atoms with van der Waals surface area (Å²) in [4.78, 5) is 0. The summed E-state index contributed by atoms with van der Waals surface area (Å²) in [5.74, 6) is 0.732. The third kappa shape index (κ3) is 3.71. The van der Waals surface area contributed by atoms with Crippen LogP contribution in [0.15, 0.2) is 48.5 Å². The number of hydrogen-bond donors (Lipinski definition) is 1. The third-order valence-corrected chi connectivity index (χ3v) is 6.13. The predicted molar refractivity (Wildman–Crippen MR) is 98.9 cm³/mol. The smallest absolute Gasteiger partial charge is 0.280 e. The van der Waals surface area contributed by atoms with Gasteiger partial charge in [0.05, 0.1) is 13.2 Å². The molecule has 134 valence electrons. The first kappa shape index (κ1) is 17.9. The molecule has 0 radical (unpaired) electrons. The highest BCUT2D eigenvalue weighted by Gasteiger charge is 2.36. The summed E-state index contributed by atoms with van der Waals surface area (Å²) in [5, 5.41) is 0. The van der Waals surface area contributed by atoms with Crippen molar-refractivity contribution in [2.24, 2.45) is 0 Å². The van der Waals surface area contributed by atoms with Gasteiger partial charge in [0.2, 0.25) is 0 Å². The fourth-order valence-corrected chi connectivity index (χ4v) is 4.88. The molecule has 2 aromatic carbocycles. The van der Waals surface area contributed by atoms with Crippen LogP contribution in [0.4, 0.5) is 0 Å². The maximum Gasteiger partial charge on any atom is 0.280 e. The van der Waals surface area contributed by atoms with Crippen LogP contribution in [0, 0.1) is 0 Å². The Morgan fingerprint density at radius 2 is 1.88 bits per heavy atom. The van der Waals surface area contributed by atoms with Crippen LogP contribution in [0.2, 0.25) is 0 Å². The molecule has 1 aliphatic heterocycles. The largest absolute Gasteiger partial charge is 0.497 e. The number of ether oxygens (including phenoxy) is 1. The molecular weight excluding hydrogens is 336 g/mol. The molecule has 0 aliphatic carbocycles. The Labute approximate surface area is 149 Å². The monoisotopic (exact) mass is 360 g/mol. The average molecular weight is 360 g/mol. The van der Waals surface area contributed by atoms with E-state index in [4.69, 9.17) is 4.74 Å². The molecule has 5 nitrogen and oxygen atoms in total. The molecule has 0 saturated carbocycles. The van der Waals surface area contributed by atoms with Crippen LogP contribution in [-0.4, -0.2) is 32.4 Å². The Balaban J connectivity index is 2.13. The molecule has 3 rings (SSSR count). The lowest BCUT2D eigenvalue weighted by atomic mass is 9.89. The highest BCUT2D eigenvalue weighted by atomic mass is 32.2. The minimum absolute atomic E-state index is 0.159. The van der Waals surface area contributed by atoms with Crippen LogP contribution in [0.5, 0.6) is 5.75 Å². The van der Waals surface area contributed by atoms with E-state index in [9.17, 15) is 8.42 Å². The van der Waals surface area contributed by atoms with Gasteiger partial charge in [0, 0.05) is 12.6 Å². The summed E-state index contributed by atoms with van der Waals surface area (Å²) in [6.45, 7) is 4.10. The van der Waals surface area contributed by atoms with Crippen LogP contribution in [0.1, 0.15) is 36.6 Å². The van der Waals surface area contributed by atoms with Crippen LogP contribution in [-0.2, 0) is 16.6 Å². The molecule has 2 aromatic rings. The number of nitrogens with one attached hydrogen (secondary N) is 1. The van der Waals surface area contributed by atoms with Crippen molar-refractivity contribution in [3.63, 3.8) is 0 Å². The SMILES string of the molecule is COc1ccc2c(c1)C(c1ccccc1)N(S(=O)(=O)NC(C)C)CC2. The quantitative estimate of drug-likeness (QED) is 0.892. The molecule has 1 unspecified atom stereocenters. The van der Waals surface area contributed by atoms with E-state index in [2.05, 4.69) is 4.72 Å². The molecule has 1 aliphatic rings. The van der Waals surface area contributed by atoms with E-state index in [1.54, 1.807) is 11.4 Å². The van der Waals surface area contributed by atoms with Crippen LogP contribution in [0.3, 0.4) is 0 Å². The standard InChI is InChI=1S/C19H24N2O3S/c1-14(2)20-25(22,23)21-12-11-15-9-10-17(24-3)13-18(15)19(21)16-7-5-4-6-8-16/h4-10,13-14,19-20H,11-12H2,1-3H3. The minimum Gasteiger partial charge on any atom is -0.497 e. The normalized spacial score (nSPS) is 18.2. The number of hydrogen-bond acceptors (Lipinski definition) is 3. The molecule has 1 heterocycles. The fraction of sp³-hybridized carbons (Fsp3) is 0.368. The second kappa shape index (κ2) is 7.15. The Morgan fingerprint density at radius 3 is 2.52 bits per heavy atom. The minimum atomic E-state index is -3.60. The second-order valence-electron chi connectivity index (χ2n) is 6.52. The molecule has 1 N–H and O–H groups in total. The van der Waals surface area contributed by atoms with E-state index >= 15 is 0 Å². The highest BCUT2D eigenvalue weighted by Crippen LogP contribution is 2.38. The number of methoxy groups -OCH3 is 1. The lowest BCUT2D eigenvalue weighted by molar-refractivity contribution is 0.334. The molecule has 0 bridgehead atoms. The van der Waals surface area contributed by atoms with Crippen molar-refractivity contribution in [1.82, 2.24) is 9.03 Å². The van der Waals surface area contributed by atoms with Crippen LogP contribution >= 0.6 is 0 Å². The first-order valence-corrected chi connectivity index (χ1v) is 9.87. The Kier molecular flexibility index (Phi) is 5.13. The van der Waals surface area contributed by atoms with E-state index < -0.39 is 10.2 Å². The van der Waals surface area contributed by atoms with E-state index in [1.807, 2.05) is 62.4 Å². The van der Waals surface area contributed by atoms with Gasteiger partial charge in [-0.3, -0.25) is 0 Å². The number of fused-ring (bicyclic) bond motifs is 1. The Bertz CT molecular complexity index is 835. The van der Waals surface area contributed by atoms with Gasteiger partial charge in [-0.2, -0.15) is 17.4 Å². The molecule has 0 fully saturated rings. The fourth-order valence-electron chi connectivity index (χ4n) is 3.30. The van der Waals surface area contributed by atoms with Crippen molar-refractivity contribution in [3.05, 3.63) is 65.2 Å². The molecule has 0 amide bonds. The second-order valence-corrected chi connectivity index (χ2v) is 8.17. The van der Waals surface area contributed by atoms with Gasteiger partial charge in [0.25, 0.3) is 10.2 Å². The number of nitrogens with zero attached hydrogens (tertiary/aromatic N) is 1. The molecule has 0 saturated heterocycles. The van der Waals surface area contributed by atoms with Gasteiger partial charge in [-0.25, -0.2) is 0 Å². The van der Waals surface area contributed by atoms with Crippen LogP contribution < -0.4 is 9.46 Å². The van der Waals surface area contributed by atoms with E-state index in [1.165, 1.54) is 0 Å². The zero-order chi connectivity index (χ0) is 18.0. The zero-order valence-corrected chi connectivity index (χ0v) is 15.6. The molecule has 0 spiro atoms. The highest BCUT2D eigenvalue weighted by molar-refractivity contribution is 7.87. The Hall–Kier alpha value is -1.89. The van der Waals surface area contributed by atoms with Gasteiger partial charge in [-0.1, -0.05) is 36.4 Å². The van der Waals surface area contributed by atoms with Gasteiger partial charge in [-0.05, 0) is 49.1 Å². The third-order valence-electron chi connectivity index (χ3n) is 4.35. The van der Waals surface area contributed by atoms with Crippen molar-refractivity contribution in [2.45, 2.75) is 32.4 Å². The summed E-state index contributed by atoms with van der Waals surface area (Å²) in [5.41, 5.74) is 3.09. The zero-order valence-electron chi connectivity index (χ0n) is 14.8. The van der Waals surface area contributed by atoms with Crippen molar-refractivity contribution in [3.8, 4) is 5.75 Å². The Morgan fingerprint density at radius 1 is 1.16 bits per heavy atom. The predicted octanol–water partition coefficient (Wildman–Crippen LogP) is 2.89. The molecule has 0 aromatic heterocycles. The lowest BCUT2D eigenvalue weighted by Gasteiger charge is -2.37. The summed E-state index contributed by atoms with van der Waals surface area (Å²) in [7, 11) is -1.98. The topological polar surface area (TPSA) is 58.6 Å². The van der Waals surface area contributed by atoms with E-state index in [-0.39, 0.29) is 12.1 Å². The molecule has 1 atom stereocenters. The van der Waals surface area contributed by atoms with Crippen molar-refractivity contribution < 1.29 is 13.2 Å².